The molecule has 0 bridgehead atoms. The lowest BCUT2D eigenvalue weighted by atomic mass is 9.99. The maximum absolute atomic E-state index is 11.2. The van der Waals surface area contributed by atoms with Gasteiger partial charge in [0.05, 0.1) is 12.6 Å². The van der Waals surface area contributed by atoms with Gasteiger partial charge < -0.3 is 15.0 Å². The number of rotatable bonds is 2. The lowest BCUT2D eigenvalue weighted by Crippen LogP contribution is -2.31. The second-order valence-corrected chi connectivity index (χ2v) is 3.29. The van der Waals surface area contributed by atoms with E-state index in [4.69, 9.17) is 5.73 Å². The van der Waals surface area contributed by atoms with Gasteiger partial charge in [-0.2, -0.15) is 0 Å². The fourth-order valence-corrected chi connectivity index (χ4v) is 0.956. The summed E-state index contributed by atoms with van der Waals surface area (Å²) in [5.74, 6) is -0.491. The minimum absolute atomic E-state index is 0. The van der Waals surface area contributed by atoms with E-state index in [2.05, 4.69) is 14.4 Å². The Morgan fingerprint density at radius 1 is 1.64 bits per heavy atom. The maximum atomic E-state index is 11.2. The minimum Gasteiger partial charge on any atom is -0.465 e. The first-order valence-electron chi connectivity index (χ1n) is 3.79. The van der Waals surface area contributed by atoms with Gasteiger partial charge in [-0.05, 0) is 13.8 Å². The fraction of sp³-hybridized carbons (Fsp3) is 0.500. The Balaban J connectivity index is 0.00000169. The van der Waals surface area contributed by atoms with Gasteiger partial charge in [-0.15, -0.1) is 12.4 Å². The van der Waals surface area contributed by atoms with Crippen LogP contribution in [0.2, 0.25) is 0 Å². The van der Waals surface area contributed by atoms with Gasteiger partial charge in [0, 0.05) is 0 Å². The first-order chi connectivity index (χ1) is 5.96. The van der Waals surface area contributed by atoms with Crippen LogP contribution in [0, 0.1) is 0 Å². The molecule has 0 unspecified atom stereocenters. The third-order valence-electron chi connectivity index (χ3n) is 1.59. The van der Waals surface area contributed by atoms with Crippen molar-refractivity contribution in [3.8, 4) is 0 Å². The number of nitrogens with two attached hydrogens (primary N) is 1. The van der Waals surface area contributed by atoms with E-state index in [9.17, 15) is 4.79 Å². The molecule has 5 nitrogen and oxygen atoms in total. The molecule has 80 valence electrons. The summed E-state index contributed by atoms with van der Waals surface area (Å²) < 4.78 is 9.20. The molecule has 0 aliphatic carbocycles. The number of hydrogen-bond acceptors (Lipinski definition) is 5. The summed E-state index contributed by atoms with van der Waals surface area (Å²) in [5.41, 5.74) is 5.73. The predicted molar refractivity (Wildman–Crippen MR) is 52.3 cm³/mol. The second-order valence-electron chi connectivity index (χ2n) is 3.29. The number of esters is 1. The summed E-state index contributed by atoms with van der Waals surface area (Å²) in [5, 5.41) is 3.66. The van der Waals surface area contributed by atoms with Crippen LogP contribution >= 0.6 is 12.4 Å². The molecule has 0 aromatic carbocycles. The van der Waals surface area contributed by atoms with Crippen LogP contribution in [0.4, 0.5) is 0 Å². The molecule has 6 heteroatoms. The lowest BCUT2D eigenvalue weighted by Gasteiger charge is -2.15. The van der Waals surface area contributed by atoms with Gasteiger partial charge in [0.15, 0.2) is 0 Å². The van der Waals surface area contributed by atoms with Gasteiger partial charge in [0.2, 0.25) is 0 Å². The Kier molecular flexibility index (Phi) is 4.09. The van der Waals surface area contributed by atoms with Crippen molar-refractivity contribution in [1.82, 2.24) is 5.16 Å². The van der Waals surface area contributed by atoms with E-state index in [-0.39, 0.29) is 18.0 Å². The van der Waals surface area contributed by atoms with Crippen molar-refractivity contribution in [2.45, 2.75) is 19.4 Å². The Labute approximate surface area is 88.0 Å². The summed E-state index contributed by atoms with van der Waals surface area (Å²) >= 11 is 0. The van der Waals surface area contributed by atoms with Crippen molar-refractivity contribution in [2.75, 3.05) is 7.11 Å². The van der Waals surface area contributed by atoms with Crippen molar-refractivity contribution < 1.29 is 14.1 Å². The summed E-state index contributed by atoms with van der Waals surface area (Å²) in [4.78, 5) is 11.2. The van der Waals surface area contributed by atoms with Crippen LogP contribution in [-0.2, 0) is 10.3 Å². The van der Waals surface area contributed by atoms with Crippen molar-refractivity contribution >= 4 is 18.4 Å². The minimum atomic E-state index is -0.712. The predicted octanol–water partition coefficient (Wildman–Crippen LogP) is 1.08. The SMILES string of the molecule is COC(=O)c1conc1C(C)(C)N.Cl. The number of halogens is 1. The highest BCUT2D eigenvalue weighted by molar-refractivity contribution is 5.90. The molecule has 0 atom stereocenters. The molecule has 1 aromatic heterocycles. The molecule has 1 rings (SSSR count). The zero-order valence-electron chi connectivity index (χ0n) is 8.23. The van der Waals surface area contributed by atoms with Gasteiger partial charge in [0.25, 0.3) is 0 Å². The average molecular weight is 221 g/mol. The summed E-state index contributed by atoms with van der Waals surface area (Å²) in [6.45, 7) is 3.47. The van der Waals surface area contributed by atoms with Gasteiger partial charge in [-0.3, -0.25) is 0 Å². The third kappa shape index (κ3) is 2.46. The number of carbonyl (C=O) groups is 1. The second kappa shape index (κ2) is 4.43. The number of methoxy groups -OCH3 is 1. The number of ether oxygens (including phenoxy) is 1. The fourth-order valence-electron chi connectivity index (χ4n) is 0.956. The van der Waals surface area contributed by atoms with E-state index in [1.54, 1.807) is 13.8 Å². The highest BCUT2D eigenvalue weighted by Crippen LogP contribution is 2.19. The number of aromatic nitrogens is 1. The van der Waals surface area contributed by atoms with Crippen LogP contribution in [0.1, 0.15) is 29.9 Å². The molecule has 0 amide bonds. The zero-order chi connectivity index (χ0) is 10.1. The van der Waals surface area contributed by atoms with Crippen LogP contribution in [0.3, 0.4) is 0 Å². The third-order valence-corrected chi connectivity index (χ3v) is 1.59. The normalized spacial score (nSPS) is 10.6. The van der Waals surface area contributed by atoms with Gasteiger partial charge in [0.1, 0.15) is 17.5 Å². The van der Waals surface area contributed by atoms with E-state index in [1.807, 2.05) is 0 Å². The molecular weight excluding hydrogens is 208 g/mol. The molecule has 0 aliphatic heterocycles. The van der Waals surface area contributed by atoms with E-state index < -0.39 is 11.5 Å². The Morgan fingerprint density at radius 2 is 2.21 bits per heavy atom. The lowest BCUT2D eigenvalue weighted by molar-refractivity contribution is 0.0597. The first-order valence-corrected chi connectivity index (χ1v) is 3.79. The summed E-state index contributed by atoms with van der Waals surface area (Å²) in [6.07, 6.45) is 1.23. The van der Waals surface area contributed by atoms with Crippen molar-refractivity contribution in [3.05, 3.63) is 17.5 Å². The topological polar surface area (TPSA) is 78.3 Å². The molecule has 1 heterocycles. The summed E-state index contributed by atoms with van der Waals surface area (Å²) in [7, 11) is 1.29. The van der Waals surface area contributed by atoms with E-state index in [1.165, 1.54) is 13.4 Å². The summed E-state index contributed by atoms with van der Waals surface area (Å²) in [6, 6.07) is 0. The van der Waals surface area contributed by atoms with Gasteiger partial charge >= 0.3 is 5.97 Å². The first kappa shape index (κ1) is 12.9. The van der Waals surface area contributed by atoms with Crippen LogP contribution in [-0.4, -0.2) is 18.2 Å². The van der Waals surface area contributed by atoms with E-state index in [0.29, 0.717) is 5.69 Å². The molecule has 0 aliphatic rings. The highest BCUT2D eigenvalue weighted by atomic mass is 35.5. The molecule has 14 heavy (non-hydrogen) atoms. The Morgan fingerprint density at radius 3 is 2.64 bits per heavy atom. The molecule has 1 aromatic rings. The largest absolute Gasteiger partial charge is 0.465 e. The molecule has 0 radical (unpaired) electrons. The zero-order valence-corrected chi connectivity index (χ0v) is 9.05. The molecule has 0 saturated carbocycles. The number of hydrogen-bond donors (Lipinski definition) is 1. The van der Waals surface area contributed by atoms with Crippen molar-refractivity contribution in [3.63, 3.8) is 0 Å². The van der Waals surface area contributed by atoms with Crippen LogP contribution in [0.25, 0.3) is 0 Å². The number of carbonyl (C=O) groups excluding carboxylic acids is 1. The number of nitrogens with zero attached hydrogens (tertiary/aromatic N) is 1. The smallest absolute Gasteiger partial charge is 0.343 e. The molecule has 2 N–H and O–H groups in total. The van der Waals surface area contributed by atoms with Gasteiger partial charge in [-0.1, -0.05) is 5.16 Å². The monoisotopic (exact) mass is 220 g/mol. The Bertz CT molecular complexity index is 317. The molecule has 0 fully saturated rings. The van der Waals surface area contributed by atoms with Crippen LogP contribution < -0.4 is 5.73 Å². The van der Waals surface area contributed by atoms with Crippen molar-refractivity contribution in [2.24, 2.45) is 5.73 Å². The standard InChI is InChI=1S/C8H12N2O3.ClH/c1-8(2,9)6-5(4-13-10-6)7(11)12-3;/h4H,9H2,1-3H3;1H. The highest BCUT2D eigenvalue weighted by Gasteiger charge is 2.26. The molecule has 0 saturated heterocycles. The van der Waals surface area contributed by atoms with Gasteiger partial charge in [-0.25, -0.2) is 4.79 Å². The van der Waals surface area contributed by atoms with E-state index >= 15 is 0 Å². The molecular formula is C8H13ClN2O3. The Hall–Kier alpha value is -1.07. The van der Waals surface area contributed by atoms with Crippen LogP contribution in [0.5, 0.6) is 0 Å². The van der Waals surface area contributed by atoms with E-state index in [0.717, 1.165) is 0 Å². The molecule has 0 spiro atoms. The maximum Gasteiger partial charge on any atom is 0.343 e. The van der Waals surface area contributed by atoms with Crippen molar-refractivity contribution in [1.29, 1.82) is 0 Å². The van der Waals surface area contributed by atoms with Crippen LogP contribution in [0.15, 0.2) is 10.8 Å². The quantitative estimate of drug-likeness (QED) is 0.755. The average Bonchev–Trinajstić information content (AvgIpc) is 2.49.